The summed E-state index contributed by atoms with van der Waals surface area (Å²) in [6.45, 7) is 0. The van der Waals surface area contributed by atoms with Crippen molar-refractivity contribution >= 4 is 70.9 Å². The van der Waals surface area contributed by atoms with Crippen LogP contribution >= 0.6 is 0 Å². The number of benzene rings is 10. The molecule has 10 aromatic rings. The summed E-state index contributed by atoms with van der Waals surface area (Å²) < 4.78 is 0. The fraction of sp³-hybridized carbons (Fsp3) is 0. The van der Waals surface area contributed by atoms with E-state index in [-0.39, 0.29) is 0 Å². The third-order valence-corrected chi connectivity index (χ3v) is 10.4. The zero-order chi connectivity index (χ0) is 33.7. The van der Waals surface area contributed by atoms with Gasteiger partial charge in [0, 0.05) is 17.1 Å². The maximum atomic E-state index is 2.38. The molecule has 0 aliphatic carbocycles. The van der Waals surface area contributed by atoms with Crippen LogP contribution in [0.15, 0.2) is 200 Å². The number of hydrogen-bond donors (Lipinski definition) is 0. The van der Waals surface area contributed by atoms with Crippen LogP contribution in [-0.4, -0.2) is 0 Å². The number of nitrogens with zero attached hydrogens (tertiary/aromatic N) is 1. The molecular weight excluding hydrogens is 615 g/mol. The molecule has 51 heavy (non-hydrogen) atoms. The number of rotatable bonds is 5. The summed E-state index contributed by atoms with van der Waals surface area (Å²) in [6, 6.07) is 73.0. The molecule has 0 spiro atoms. The van der Waals surface area contributed by atoms with E-state index in [1.165, 1.54) is 76.1 Å². The first-order valence-corrected chi connectivity index (χ1v) is 17.6. The Morgan fingerprint density at radius 3 is 1.57 bits per heavy atom. The van der Waals surface area contributed by atoms with Crippen LogP contribution in [-0.2, 0) is 0 Å². The van der Waals surface area contributed by atoms with E-state index in [1.807, 2.05) is 0 Å². The zero-order valence-electron chi connectivity index (χ0n) is 28.0. The van der Waals surface area contributed by atoms with Gasteiger partial charge in [0.1, 0.15) is 0 Å². The van der Waals surface area contributed by atoms with Gasteiger partial charge in [0.15, 0.2) is 0 Å². The minimum absolute atomic E-state index is 1.11. The van der Waals surface area contributed by atoms with Crippen molar-refractivity contribution in [2.75, 3.05) is 4.90 Å². The van der Waals surface area contributed by atoms with Crippen molar-refractivity contribution in [2.24, 2.45) is 0 Å². The Morgan fingerprint density at radius 1 is 0.235 bits per heavy atom. The Hall–Kier alpha value is -6.70. The van der Waals surface area contributed by atoms with Gasteiger partial charge in [0.05, 0.1) is 0 Å². The van der Waals surface area contributed by atoms with Gasteiger partial charge in [0.25, 0.3) is 0 Å². The van der Waals surface area contributed by atoms with Crippen LogP contribution in [0.2, 0.25) is 0 Å². The maximum Gasteiger partial charge on any atom is 0.0468 e. The summed E-state index contributed by atoms with van der Waals surface area (Å²) in [5, 5.41) is 12.7. The number of hydrogen-bond acceptors (Lipinski definition) is 1. The van der Waals surface area contributed by atoms with Crippen LogP contribution in [0, 0.1) is 0 Å². The van der Waals surface area contributed by atoms with E-state index in [1.54, 1.807) is 0 Å². The van der Waals surface area contributed by atoms with E-state index in [4.69, 9.17) is 0 Å². The Morgan fingerprint density at radius 2 is 0.745 bits per heavy atom. The van der Waals surface area contributed by atoms with Gasteiger partial charge in [-0.1, -0.05) is 164 Å². The van der Waals surface area contributed by atoms with E-state index in [0.717, 1.165) is 17.1 Å². The van der Waals surface area contributed by atoms with Crippen LogP contribution in [0.5, 0.6) is 0 Å². The molecule has 0 N–H and O–H groups in total. The topological polar surface area (TPSA) is 3.24 Å². The van der Waals surface area contributed by atoms with Crippen LogP contribution in [0.1, 0.15) is 0 Å². The Bertz CT molecular complexity index is 2900. The lowest BCUT2D eigenvalue weighted by molar-refractivity contribution is 1.29. The molecule has 0 bridgehead atoms. The third-order valence-electron chi connectivity index (χ3n) is 10.4. The molecule has 0 saturated carbocycles. The molecule has 0 aromatic heterocycles. The monoisotopic (exact) mass is 647 g/mol. The fourth-order valence-electron chi connectivity index (χ4n) is 7.94. The van der Waals surface area contributed by atoms with Crippen LogP contribution < -0.4 is 4.90 Å². The summed E-state index contributed by atoms with van der Waals surface area (Å²) >= 11 is 0. The lowest BCUT2D eigenvalue weighted by Crippen LogP contribution is -2.10. The second-order valence-corrected chi connectivity index (χ2v) is 13.3. The summed E-state index contributed by atoms with van der Waals surface area (Å²) in [5.74, 6) is 0. The van der Waals surface area contributed by atoms with Crippen molar-refractivity contribution in [3.05, 3.63) is 200 Å². The molecule has 0 fully saturated rings. The molecule has 0 unspecified atom stereocenters. The molecule has 238 valence electrons. The van der Waals surface area contributed by atoms with E-state index in [0.29, 0.717) is 0 Å². The smallest absolute Gasteiger partial charge is 0.0468 e. The lowest BCUT2D eigenvalue weighted by Gasteiger charge is -2.27. The van der Waals surface area contributed by atoms with Gasteiger partial charge >= 0.3 is 0 Å². The normalized spacial score (nSPS) is 11.5. The van der Waals surface area contributed by atoms with Crippen molar-refractivity contribution in [2.45, 2.75) is 0 Å². The van der Waals surface area contributed by atoms with E-state index >= 15 is 0 Å². The van der Waals surface area contributed by atoms with Crippen molar-refractivity contribution in [1.29, 1.82) is 0 Å². The predicted molar refractivity (Wildman–Crippen MR) is 220 cm³/mol. The van der Waals surface area contributed by atoms with Gasteiger partial charge in [-0.15, -0.1) is 0 Å². The first-order chi connectivity index (χ1) is 25.3. The van der Waals surface area contributed by atoms with Gasteiger partial charge in [-0.3, -0.25) is 0 Å². The van der Waals surface area contributed by atoms with Crippen molar-refractivity contribution in [3.8, 4) is 22.3 Å². The SMILES string of the molecule is c1ccc(-c2cccc(N(c3ccc(-c4cccc5c4ccc4c6ccccc6ccc54)cc3)c3ccc4c(ccc5ccccc54)c3)c2)cc1. The Kier molecular flexibility index (Phi) is 6.89. The Balaban J connectivity index is 1.11. The quantitative estimate of drug-likeness (QED) is 0.168. The molecule has 0 radical (unpaired) electrons. The molecule has 0 heterocycles. The van der Waals surface area contributed by atoms with E-state index in [9.17, 15) is 0 Å². The van der Waals surface area contributed by atoms with Gasteiger partial charge in [-0.05, 0) is 113 Å². The molecule has 0 aliphatic rings. The lowest BCUT2D eigenvalue weighted by atomic mass is 9.92. The molecule has 0 saturated heterocycles. The highest BCUT2D eigenvalue weighted by molar-refractivity contribution is 6.19. The average Bonchev–Trinajstić information content (AvgIpc) is 3.21. The minimum atomic E-state index is 1.11. The number of fused-ring (bicyclic) bond motifs is 8. The van der Waals surface area contributed by atoms with Gasteiger partial charge in [0.2, 0.25) is 0 Å². The van der Waals surface area contributed by atoms with Gasteiger partial charge in [-0.2, -0.15) is 0 Å². The first-order valence-electron chi connectivity index (χ1n) is 17.6. The fourth-order valence-corrected chi connectivity index (χ4v) is 7.94. The van der Waals surface area contributed by atoms with Crippen LogP contribution in [0.25, 0.3) is 76.1 Å². The summed E-state index contributed by atoms with van der Waals surface area (Å²) in [4.78, 5) is 2.38. The van der Waals surface area contributed by atoms with Gasteiger partial charge in [-0.25, -0.2) is 0 Å². The number of anilines is 3. The van der Waals surface area contributed by atoms with E-state index < -0.39 is 0 Å². The molecule has 1 nitrogen and oxygen atoms in total. The van der Waals surface area contributed by atoms with Gasteiger partial charge < -0.3 is 4.90 Å². The first kappa shape index (κ1) is 29.2. The zero-order valence-corrected chi connectivity index (χ0v) is 28.0. The molecule has 1 heteroatoms. The summed E-state index contributed by atoms with van der Waals surface area (Å²) in [5.41, 5.74) is 8.19. The molecule has 0 aliphatic heterocycles. The third kappa shape index (κ3) is 5.02. The molecular formula is C50H33N. The van der Waals surface area contributed by atoms with Crippen LogP contribution in [0.3, 0.4) is 0 Å². The second kappa shape index (κ2) is 12.0. The summed E-state index contributed by atoms with van der Waals surface area (Å²) in [6.07, 6.45) is 0. The maximum absolute atomic E-state index is 2.38. The predicted octanol–water partition coefficient (Wildman–Crippen LogP) is 14.3. The van der Waals surface area contributed by atoms with Crippen molar-refractivity contribution in [1.82, 2.24) is 0 Å². The van der Waals surface area contributed by atoms with Crippen molar-refractivity contribution in [3.63, 3.8) is 0 Å². The van der Waals surface area contributed by atoms with Crippen molar-refractivity contribution < 1.29 is 0 Å². The molecule has 0 atom stereocenters. The highest BCUT2D eigenvalue weighted by Crippen LogP contribution is 2.41. The average molecular weight is 648 g/mol. The highest BCUT2D eigenvalue weighted by atomic mass is 15.1. The minimum Gasteiger partial charge on any atom is -0.310 e. The largest absolute Gasteiger partial charge is 0.310 e. The van der Waals surface area contributed by atoms with Crippen LogP contribution in [0.4, 0.5) is 17.1 Å². The van der Waals surface area contributed by atoms with E-state index in [2.05, 4.69) is 205 Å². The standard InChI is InChI=1S/C50H33N/c1-2-10-34(11-3-1)38-14-8-15-41(32-38)51(42-27-29-46-39(33-42)21-20-35-12-4-6-16-43(35)46)40-25-22-37(23-26-40)45-18-9-19-47-48(45)30-31-49-44-17-7-5-13-36(44)24-28-50(47)49/h1-33H. The molecule has 10 rings (SSSR count). The molecule has 10 aromatic carbocycles. The molecule has 0 amide bonds. The second-order valence-electron chi connectivity index (χ2n) is 13.3. The summed E-state index contributed by atoms with van der Waals surface area (Å²) in [7, 11) is 0. The Labute approximate surface area is 297 Å². The highest BCUT2D eigenvalue weighted by Gasteiger charge is 2.16.